The molecule has 0 heterocycles. The van der Waals surface area contributed by atoms with Crippen molar-refractivity contribution < 1.29 is 23.4 Å². The fourth-order valence-electron chi connectivity index (χ4n) is 1.91. The molecule has 0 saturated carbocycles. The van der Waals surface area contributed by atoms with Crippen LogP contribution in [-0.2, 0) is 0 Å². The second kappa shape index (κ2) is 6.54. The van der Waals surface area contributed by atoms with Gasteiger partial charge < -0.3 is 14.6 Å². The minimum absolute atomic E-state index is 0.227. The molecule has 2 rings (SSSR count). The highest BCUT2D eigenvalue weighted by atomic mass is 19.2. The molecule has 112 valence electrons. The molecule has 3 nitrogen and oxygen atoms in total. The first kappa shape index (κ1) is 15.3. The van der Waals surface area contributed by atoms with E-state index in [1.807, 2.05) is 0 Å². The summed E-state index contributed by atoms with van der Waals surface area (Å²) in [5, 5.41) is 10.2. The second-order valence-corrected chi connectivity index (χ2v) is 4.59. The number of halogens is 2. The molecule has 0 spiro atoms. The van der Waals surface area contributed by atoms with Gasteiger partial charge in [0.25, 0.3) is 0 Å². The maximum absolute atomic E-state index is 13.5. The Morgan fingerprint density at radius 1 is 1.05 bits per heavy atom. The summed E-state index contributed by atoms with van der Waals surface area (Å²) >= 11 is 0. The fraction of sp³-hybridized carbons (Fsp3) is 0.250. The van der Waals surface area contributed by atoms with E-state index in [-0.39, 0.29) is 5.75 Å². The van der Waals surface area contributed by atoms with Crippen molar-refractivity contribution in [2.75, 3.05) is 7.11 Å². The van der Waals surface area contributed by atoms with Crippen molar-refractivity contribution in [2.45, 2.75) is 19.1 Å². The summed E-state index contributed by atoms with van der Waals surface area (Å²) < 4.78 is 37.0. The monoisotopic (exact) mass is 294 g/mol. The first-order chi connectivity index (χ1) is 10.0. The maximum Gasteiger partial charge on any atom is 0.200 e. The Hall–Kier alpha value is -2.14. The van der Waals surface area contributed by atoms with Crippen LogP contribution in [0.25, 0.3) is 0 Å². The highest BCUT2D eigenvalue weighted by Gasteiger charge is 2.20. The summed E-state index contributed by atoms with van der Waals surface area (Å²) in [4.78, 5) is 0. The zero-order chi connectivity index (χ0) is 15.4. The third-order valence-corrected chi connectivity index (χ3v) is 3.13. The lowest BCUT2D eigenvalue weighted by Gasteiger charge is -2.21. The minimum atomic E-state index is -1.06. The van der Waals surface area contributed by atoms with E-state index in [1.54, 1.807) is 38.3 Å². The zero-order valence-electron chi connectivity index (χ0n) is 11.7. The summed E-state index contributed by atoms with van der Waals surface area (Å²) in [6.07, 6.45) is -1.71. The molecule has 2 aromatic rings. The molecule has 0 aliphatic rings. The Bertz CT molecular complexity index is 599. The molecule has 0 fully saturated rings. The second-order valence-electron chi connectivity index (χ2n) is 4.59. The van der Waals surface area contributed by atoms with Crippen LogP contribution in [0.15, 0.2) is 42.5 Å². The van der Waals surface area contributed by atoms with Gasteiger partial charge in [-0.1, -0.05) is 18.2 Å². The van der Waals surface area contributed by atoms with Crippen molar-refractivity contribution in [1.82, 2.24) is 0 Å². The lowest BCUT2D eigenvalue weighted by Crippen LogP contribution is -2.22. The molecule has 0 bridgehead atoms. The van der Waals surface area contributed by atoms with Crippen LogP contribution in [0.1, 0.15) is 18.6 Å². The van der Waals surface area contributed by atoms with Crippen molar-refractivity contribution in [3.63, 3.8) is 0 Å². The van der Waals surface area contributed by atoms with Crippen LogP contribution < -0.4 is 9.47 Å². The first-order valence-electron chi connectivity index (χ1n) is 6.45. The SMILES string of the molecule is COc1ccc(C(O)C(C)Oc2cccc(F)c2F)cc1. The van der Waals surface area contributed by atoms with E-state index < -0.39 is 23.8 Å². The van der Waals surface area contributed by atoms with Gasteiger partial charge in [-0.2, -0.15) is 4.39 Å². The fourth-order valence-corrected chi connectivity index (χ4v) is 1.91. The van der Waals surface area contributed by atoms with E-state index in [1.165, 1.54) is 12.1 Å². The molecular formula is C16H16F2O3. The smallest absolute Gasteiger partial charge is 0.200 e. The van der Waals surface area contributed by atoms with Crippen LogP contribution in [0.3, 0.4) is 0 Å². The molecule has 0 aliphatic carbocycles. The van der Waals surface area contributed by atoms with E-state index in [9.17, 15) is 13.9 Å². The van der Waals surface area contributed by atoms with Crippen molar-refractivity contribution in [3.8, 4) is 11.5 Å². The molecule has 2 aromatic carbocycles. The van der Waals surface area contributed by atoms with Crippen LogP contribution in [0.4, 0.5) is 8.78 Å². The Morgan fingerprint density at radius 2 is 1.71 bits per heavy atom. The number of methoxy groups -OCH3 is 1. The van der Waals surface area contributed by atoms with Gasteiger partial charge in [-0.25, -0.2) is 4.39 Å². The summed E-state index contributed by atoms with van der Waals surface area (Å²) in [7, 11) is 1.55. The zero-order valence-corrected chi connectivity index (χ0v) is 11.7. The van der Waals surface area contributed by atoms with Gasteiger partial charge in [0.15, 0.2) is 11.6 Å². The predicted octanol–water partition coefficient (Wildman–Crippen LogP) is 3.47. The Balaban J connectivity index is 2.11. The van der Waals surface area contributed by atoms with Gasteiger partial charge >= 0.3 is 0 Å². The number of ether oxygens (including phenoxy) is 2. The molecule has 0 radical (unpaired) electrons. The standard InChI is InChI=1S/C16H16F2O3/c1-10(21-14-5-3-4-13(17)15(14)18)16(19)11-6-8-12(20-2)9-7-11/h3-10,16,19H,1-2H3. The third-order valence-electron chi connectivity index (χ3n) is 3.13. The van der Waals surface area contributed by atoms with E-state index in [0.717, 1.165) is 6.07 Å². The van der Waals surface area contributed by atoms with Gasteiger partial charge in [0.2, 0.25) is 5.82 Å². The number of hydrogen-bond donors (Lipinski definition) is 1. The van der Waals surface area contributed by atoms with Crippen molar-refractivity contribution in [2.24, 2.45) is 0 Å². The number of benzene rings is 2. The highest BCUT2D eigenvalue weighted by molar-refractivity contribution is 5.30. The lowest BCUT2D eigenvalue weighted by molar-refractivity contribution is 0.0439. The van der Waals surface area contributed by atoms with Crippen molar-refractivity contribution in [1.29, 1.82) is 0 Å². The molecule has 1 N–H and O–H groups in total. The molecule has 2 atom stereocenters. The van der Waals surface area contributed by atoms with E-state index in [4.69, 9.17) is 9.47 Å². The van der Waals surface area contributed by atoms with Gasteiger partial charge in [0.1, 0.15) is 18.0 Å². The average Bonchev–Trinajstić information content (AvgIpc) is 2.51. The van der Waals surface area contributed by atoms with Gasteiger partial charge in [-0.05, 0) is 36.8 Å². The Morgan fingerprint density at radius 3 is 2.33 bits per heavy atom. The Labute approximate surface area is 121 Å². The maximum atomic E-state index is 13.5. The quantitative estimate of drug-likeness (QED) is 0.917. The summed E-state index contributed by atoms with van der Waals surface area (Å²) in [5.41, 5.74) is 0.597. The van der Waals surface area contributed by atoms with E-state index in [0.29, 0.717) is 11.3 Å². The summed E-state index contributed by atoms with van der Waals surface area (Å²) in [6.45, 7) is 1.58. The molecule has 0 aliphatic heterocycles. The van der Waals surface area contributed by atoms with Crippen LogP contribution in [0.5, 0.6) is 11.5 Å². The van der Waals surface area contributed by atoms with E-state index >= 15 is 0 Å². The number of hydrogen-bond acceptors (Lipinski definition) is 3. The van der Waals surface area contributed by atoms with E-state index in [2.05, 4.69) is 0 Å². The van der Waals surface area contributed by atoms with Crippen molar-refractivity contribution in [3.05, 3.63) is 59.7 Å². The molecule has 0 aromatic heterocycles. The lowest BCUT2D eigenvalue weighted by atomic mass is 10.1. The number of aliphatic hydroxyl groups is 1. The molecule has 0 saturated heterocycles. The van der Waals surface area contributed by atoms with Gasteiger partial charge in [-0.3, -0.25) is 0 Å². The van der Waals surface area contributed by atoms with Crippen LogP contribution >= 0.6 is 0 Å². The molecule has 21 heavy (non-hydrogen) atoms. The number of rotatable bonds is 5. The van der Waals surface area contributed by atoms with Crippen molar-refractivity contribution >= 4 is 0 Å². The first-order valence-corrected chi connectivity index (χ1v) is 6.45. The average molecular weight is 294 g/mol. The normalized spacial score (nSPS) is 13.6. The van der Waals surface area contributed by atoms with Crippen LogP contribution in [-0.4, -0.2) is 18.3 Å². The largest absolute Gasteiger partial charge is 0.497 e. The van der Waals surface area contributed by atoms with Crippen LogP contribution in [0.2, 0.25) is 0 Å². The highest BCUT2D eigenvalue weighted by Crippen LogP contribution is 2.26. The molecular weight excluding hydrogens is 278 g/mol. The summed E-state index contributed by atoms with van der Waals surface area (Å²) in [5.74, 6) is -1.62. The predicted molar refractivity (Wildman–Crippen MR) is 74.4 cm³/mol. The molecule has 0 amide bonds. The minimum Gasteiger partial charge on any atom is -0.497 e. The van der Waals surface area contributed by atoms with Gasteiger partial charge in [0, 0.05) is 0 Å². The molecule has 2 unspecified atom stereocenters. The molecule has 5 heteroatoms. The summed E-state index contributed by atoms with van der Waals surface area (Å²) in [6, 6.07) is 10.4. The van der Waals surface area contributed by atoms with Crippen LogP contribution in [0, 0.1) is 11.6 Å². The van der Waals surface area contributed by atoms with Gasteiger partial charge in [-0.15, -0.1) is 0 Å². The third kappa shape index (κ3) is 3.49. The number of aliphatic hydroxyl groups excluding tert-OH is 1. The Kier molecular flexibility index (Phi) is 4.75. The van der Waals surface area contributed by atoms with Gasteiger partial charge in [0.05, 0.1) is 7.11 Å². The topological polar surface area (TPSA) is 38.7 Å².